The van der Waals surface area contributed by atoms with E-state index in [2.05, 4.69) is 11.9 Å². The number of rotatable bonds is 5. The summed E-state index contributed by atoms with van der Waals surface area (Å²) < 4.78 is 0. The van der Waals surface area contributed by atoms with E-state index in [4.69, 9.17) is 0 Å². The van der Waals surface area contributed by atoms with Gasteiger partial charge in [-0.05, 0) is 19.4 Å². The molecule has 0 amide bonds. The Morgan fingerprint density at radius 1 is 1.38 bits per heavy atom. The number of hydrogen-bond acceptors (Lipinski definition) is 3. The van der Waals surface area contributed by atoms with Crippen molar-refractivity contribution in [2.45, 2.75) is 25.9 Å². The summed E-state index contributed by atoms with van der Waals surface area (Å²) in [4.78, 5) is 10.1. The van der Waals surface area contributed by atoms with Gasteiger partial charge in [0.25, 0.3) is 5.69 Å². The lowest BCUT2D eigenvalue weighted by Gasteiger charge is -2.17. The number of nitrogens with zero attached hydrogens (tertiary/aromatic N) is 1. The van der Waals surface area contributed by atoms with Crippen LogP contribution in [0.5, 0.6) is 0 Å². The molecule has 16 heavy (non-hydrogen) atoms. The van der Waals surface area contributed by atoms with Crippen LogP contribution in [0.1, 0.15) is 25.5 Å². The summed E-state index contributed by atoms with van der Waals surface area (Å²) in [5.74, 6) is 0. The molecular weight excluding hydrogens is 204 g/mol. The Morgan fingerprint density at radius 2 is 1.94 bits per heavy atom. The van der Waals surface area contributed by atoms with Crippen molar-refractivity contribution in [1.29, 1.82) is 0 Å². The molecular formula is C12H16N2O2. The highest BCUT2D eigenvalue weighted by atomic mass is 16.6. The molecule has 1 rings (SSSR count). The quantitative estimate of drug-likeness (QED) is 0.471. The van der Waals surface area contributed by atoms with Crippen LogP contribution < -0.4 is 5.32 Å². The Bertz CT molecular complexity index is 373. The Morgan fingerprint density at radius 3 is 2.38 bits per heavy atom. The Balaban J connectivity index is 2.73. The zero-order chi connectivity index (χ0) is 12.1. The molecule has 0 fully saturated rings. The van der Waals surface area contributed by atoms with Crippen molar-refractivity contribution in [3.63, 3.8) is 0 Å². The van der Waals surface area contributed by atoms with Crippen LogP contribution in [-0.2, 0) is 0 Å². The molecule has 1 aromatic rings. The lowest BCUT2D eigenvalue weighted by molar-refractivity contribution is -0.384. The first-order chi connectivity index (χ1) is 7.54. The van der Waals surface area contributed by atoms with Gasteiger partial charge >= 0.3 is 0 Å². The topological polar surface area (TPSA) is 55.2 Å². The normalized spacial score (nSPS) is 14.1. The zero-order valence-electron chi connectivity index (χ0n) is 9.51. The third-order valence-corrected chi connectivity index (χ3v) is 2.47. The van der Waals surface area contributed by atoms with Gasteiger partial charge < -0.3 is 5.32 Å². The first-order valence-corrected chi connectivity index (χ1v) is 5.17. The average Bonchev–Trinajstić information content (AvgIpc) is 2.28. The van der Waals surface area contributed by atoms with Crippen molar-refractivity contribution in [2.75, 3.05) is 0 Å². The van der Waals surface area contributed by atoms with Crippen molar-refractivity contribution >= 4 is 5.69 Å². The van der Waals surface area contributed by atoms with Gasteiger partial charge in [-0.1, -0.05) is 18.2 Å². The second-order valence-corrected chi connectivity index (χ2v) is 3.76. The minimum atomic E-state index is -0.395. The number of nitro groups is 1. The van der Waals surface area contributed by atoms with Crippen molar-refractivity contribution in [3.05, 3.63) is 52.6 Å². The summed E-state index contributed by atoms with van der Waals surface area (Å²) in [6.45, 7) is 7.72. The predicted octanol–water partition coefficient (Wildman–Crippen LogP) is 2.82. The first kappa shape index (κ1) is 12.4. The second kappa shape index (κ2) is 5.42. The number of non-ortho nitro benzene ring substituents is 1. The van der Waals surface area contributed by atoms with Crippen LogP contribution in [0, 0.1) is 10.1 Å². The lowest BCUT2D eigenvalue weighted by atomic mass is 10.1. The molecule has 0 aliphatic heterocycles. The van der Waals surface area contributed by atoms with Crippen LogP contribution in [0.4, 0.5) is 5.69 Å². The van der Waals surface area contributed by atoms with Gasteiger partial charge in [-0.3, -0.25) is 10.1 Å². The van der Waals surface area contributed by atoms with Crippen molar-refractivity contribution in [2.24, 2.45) is 0 Å². The van der Waals surface area contributed by atoms with Gasteiger partial charge in [0.2, 0.25) is 0 Å². The monoisotopic (exact) mass is 220 g/mol. The summed E-state index contributed by atoms with van der Waals surface area (Å²) in [5, 5.41) is 13.8. The Labute approximate surface area is 95.1 Å². The molecule has 0 bridgehead atoms. The highest BCUT2D eigenvalue weighted by molar-refractivity contribution is 5.34. The highest BCUT2D eigenvalue weighted by Gasteiger charge is 2.09. The molecule has 4 nitrogen and oxygen atoms in total. The average molecular weight is 220 g/mol. The van der Waals surface area contributed by atoms with Crippen LogP contribution in [0.3, 0.4) is 0 Å². The van der Waals surface area contributed by atoms with E-state index in [-0.39, 0.29) is 17.8 Å². The van der Waals surface area contributed by atoms with Gasteiger partial charge in [0, 0.05) is 24.2 Å². The maximum atomic E-state index is 10.5. The molecule has 0 saturated heterocycles. The fourth-order valence-electron chi connectivity index (χ4n) is 1.44. The fraction of sp³-hybridized carbons (Fsp3) is 0.333. The summed E-state index contributed by atoms with van der Waals surface area (Å²) in [6.07, 6.45) is 1.82. The standard InChI is InChI=1S/C12H16N2O2/c1-4-9(2)13-10(3)11-5-7-12(8-6-11)14(15)16/h4-10,13H,1H2,2-3H3. The number of nitro benzene ring substituents is 1. The fourth-order valence-corrected chi connectivity index (χ4v) is 1.44. The maximum absolute atomic E-state index is 10.5. The van der Waals surface area contributed by atoms with Gasteiger partial charge in [0.15, 0.2) is 0 Å². The first-order valence-electron chi connectivity index (χ1n) is 5.17. The molecule has 0 aliphatic carbocycles. The van der Waals surface area contributed by atoms with Crippen molar-refractivity contribution < 1.29 is 4.92 Å². The third kappa shape index (κ3) is 3.17. The molecule has 0 aliphatic rings. The largest absolute Gasteiger partial charge is 0.304 e. The van der Waals surface area contributed by atoms with E-state index in [1.54, 1.807) is 12.1 Å². The summed E-state index contributed by atoms with van der Waals surface area (Å²) in [5.41, 5.74) is 1.15. The molecule has 4 heteroatoms. The van der Waals surface area contributed by atoms with E-state index in [9.17, 15) is 10.1 Å². The predicted molar refractivity (Wildman–Crippen MR) is 64.3 cm³/mol. The molecule has 2 unspecified atom stereocenters. The lowest BCUT2D eigenvalue weighted by Crippen LogP contribution is -2.26. The molecule has 1 N–H and O–H groups in total. The SMILES string of the molecule is C=CC(C)NC(C)c1ccc([N+](=O)[O-])cc1. The van der Waals surface area contributed by atoms with Crippen molar-refractivity contribution in [1.82, 2.24) is 5.32 Å². The zero-order valence-corrected chi connectivity index (χ0v) is 9.51. The van der Waals surface area contributed by atoms with E-state index in [1.165, 1.54) is 12.1 Å². The molecule has 0 heterocycles. The Kier molecular flexibility index (Phi) is 4.19. The molecule has 0 radical (unpaired) electrons. The molecule has 0 spiro atoms. The van der Waals surface area contributed by atoms with Gasteiger partial charge in [0.1, 0.15) is 0 Å². The second-order valence-electron chi connectivity index (χ2n) is 3.76. The van der Waals surface area contributed by atoms with E-state index < -0.39 is 4.92 Å². The molecule has 0 saturated carbocycles. The van der Waals surface area contributed by atoms with E-state index in [0.29, 0.717) is 0 Å². The van der Waals surface area contributed by atoms with Crippen LogP contribution in [0.2, 0.25) is 0 Å². The van der Waals surface area contributed by atoms with Crippen LogP contribution in [0.25, 0.3) is 0 Å². The number of hydrogen-bond donors (Lipinski definition) is 1. The molecule has 2 atom stereocenters. The Hall–Kier alpha value is -1.68. The molecule has 0 aromatic heterocycles. The summed E-state index contributed by atoms with van der Waals surface area (Å²) in [7, 11) is 0. The number of nitrogens with one attached hydrogen (secondary N) is 1. The van der Waals surface area contributed by atoms with Gasteiger partial charge in [-0.15, -0.1) is 6.58 Å². The molecule has 1 aromatic carbocycles. The van der Waals surface area contributed by atoms with Gasteiger partial charge in [-0.25, -0.2) is 0 Å². The highest BCUT2D eigenvalue weighted by Crippen LogP contribution is 2.17. The molecule has 86 valence electrons. The van der Waals surface area contributed by atoms with Crippen molar-refractivity contribution in [3.8, 4) is 0 Å². The number of benzene rings is 1. The summed E-state index contributed by atoms with van der Waals surface area (Å²) >= 11 is 0. The minimum Gasteiger partial charge on any atom is -0.304 e. The van der Waals surface area contributed by atoms with E-state index >= 15 is 0 Å². The van der Waals surface area contributed by atoms with E-state index in [0.717, 1.165) is 5.56 Å². The minimum absolute atomic E-state index is 0.118. The van der Waals surface area contributed by atoms with Crippen LogP contribution >= 0.6 is 0 Å². The van der Waals surface area contributed by atoms with Gasteiger partial charge in [-0.2, -0.15) is 0 Å². The van der Waals surface area contributed by atoms with Crippen LogP contribution in [-0.4, -0.2) is 11.0 Å². The maximum Gasteiger partial charge on any atom is 0.269 e. The third-order valence-electron chi connectivity index (χ3n) is 2.47. The smallest absolute Gasteiger partial charge is 0.269 e. The van der Waals surface area contributed by atoms with Gasteiger partial charge in [0.05, 0.1) is 4.92 Å². The summed E-state index contributed by atoms with van der Waals surface area (Å²) in [6, 6.07) is 6.94. The van der Waals surface area contributed by atoms with Crippen LogP contribution in [0.15, 0.2) is 36.9 Å². The van der Waals surface area contributed by atoms with E-state index in [1.807, 2.05) is 19.9 Å².